The molecular formula is C23H25N5O4. The van der Waals surface area contributed by atoms with Crippen LogP contribution >= 0.6 is 0 Å². The van der Waals surface area contributed by atoms with Crippen LogP contribution in [-0.4, -0.2) is 26.8 Å². The molecule has 1 N–H and O–H groups in total. The van der Waals surface area contributed by atoms with Crippen molar-refractivity contribution < 1.29 is 14.5 Å². The van der Waals surface area contributed by atoms with Crippen LogP contribution in [0.25, 0.3) is 0 Å². The number of carbonyl (C=O) groups is 1. The Hall–Kier alpha value is -4.01. The van der Waals surface area contributed by atoms with Gasteiger partial charge in [-0.15, -0.1) is 0 Å². The zero-order chi connectivity index (χ0) is 23.3. The number of hydrogen-bond donors (Lipinski definition) is 1. The normalized spacial score (nSPS) is 12.0. The van der Waals surface area contributed by atoms with Gasteiger partial charge in [0, 0.05) is 0 Å². The van der Waals surface area contributed by atoms with Crippen molar-refractivity contribution in [3.63, 3.8) is 0 Å². The lowest BCUT2D eigenvalue weighted by atomic mass is 10.1. The molecule has 0 spiro atoms. The number of hydrogen-bond acceptors (Lipinski definition) is 6. The van der Waals surface area contributed by atoms with Crippen LogP contribution in [0.2, 0.25) is 0 Å². The molecule has 166 valence electrons. The molecule has 0 saturated carbocycles. The van der Waals surface area contributed by atoms with Crippen LogP contribution in [0.5, 0.6) is 5.75 Å². The first-order chi connectivity index (χ1) is 15.3. The molecule has 1 heterocycles. The fraction of sp³-hybridized carbons (Fsp3) is 0.261. The summed E-state index contributed by atoms with van der Waals surface area (Å²) < 4.78 is 7.20. The van der Waals surface area contributed by atoms with Crippen LogP contribution in [0.3, 0.4) is 0 Å². The Kier molecular flexibility index (Phi) is 6.99. The Balaban J connectivity index is 1.61. The van der Waals surface area contributed by atoms with Gasteiger partial charge < -0.3 is 4.74 Å². The Morgan fingerprint density at radius 3 is 2.69 bits per heavy atom. The summed E-state index contributed by atoms with van der Waals surface area (Å²) in [6.07, 6.45) is 1.51. The minimum Gasteiger partial charge on any atom is -0.489 e. The van der Waals surface area contributed by atoms with Gasteiger partial charge in [-0.2, -0.15) is 10.2 Å². The lowest BCUT2D eigenvalue weighted by Gasteiger charge is -2.11. The third kappa shape index (κ3) is 5.18. The van der Waals surface area contributed by atoms with Crippen LogP contribution in [0.4, 0.5) is 5.69 Å². The van der Waals surface area contributed by atoms with Crippen LogP contribution in [0.15, 0.2) is 53.6 Å². The van der Waals surface area contributed by atoms with E-state index in [1.807, 2.05) is 55.5 Å². The van der Waals surface area contributed by atoms with E-state index >= 15 is 0 Å². The molecule has 1 unspecified atom stereocenters. The fourth-order valence-corrected chi connectivity index (χ4v) is 3.29. The van der Waals surface area contributed by atoms with E-state index in [0.717, 1.165) is 16.7 Å². The summed E-state index contributed by atoms with van der Waals surface area (Å²) in [5.41, 5.74) is 5.97. The van der Waals surface area contributed by atoms with Crippen LogP contribution in [0, 0.1) is 30.9 Å². The zero-order valence-corrected chi connectivity index (χ0v) is 18.4. The summed E-state index contributed by atoms with van der Waals surface area (Å²) in [4.78, 5) is 23.1. The maximum atomic E-state index is 12.5. The molecule has 32 heavy (non-hydrogen) atoms. The Bertz CT molecular complexity index is 1170. The number of hydrazone groups is 1. The molecule has 0 bridgehead atoms. The van der Waals surface area contributed by atoms with Gasteiger partial charge in [-0.3, -0.25) is 19.6 Å². The van der Waals surface area contributed by atoms with Gasteiger partial charge in [-0.05, 0) is 56.5 Å². The van der Waals surface area contributed by atoms with E-state index in [0.29, 0.717) is 18.1 Å². The van der Waals surface area contributed by atoms with Gasteiger partial charge in [0.2, 0.25) is 0 Å². The number of ether oxygens (including phenoxy) is 1. The highest BCUT2D eigenvalue weighted by Crippen LogP contribution is 2.24. The van der Waals surface area contributed by atoms with Gasteiger partial charge in [0.25, 0.3) is 5.91 Å². The third-order valence-electron chi connectivity index (χ3n) is 5.12. The minimum absolute atomic E-state index is 0.0873. The number of nitrogens with zero attached hydrogens (tertiary/aromatic N) is 4. The molecule has 0 saturated heterocycles. The highest BCUT2D eigenvalue weighted by Gasteiger charge is 2.26. The maximum Gasteiger partial charge on any atom is 0.312 e. The number of nitro groups is 1. The summed E-state index contributed by atoms with van der Waals surface area (Å²) in [6.45, 7) is 7.20. The zero-order valence-electron chi connectivity index (χ0n) is 18.4. The minimum atomic E-state index is -0.761. The molecule has 1 atom stereocenters. The SMILES string of the molecule is Cc1ccccc1COc1cccc(/C=N/NC(=O)C(C)n2nc(C)c([N+](=O)[O-])c2C)c1. The maximum absolute atomic E-state index is 12.5. The van der Waals surface area contributed by atoms with E-state index < -0.39 is 16.9 Å². The molecule has 0 aliphatic rings. The molecule has 0 fully saturated rings. The number of aromatic nitrogens is 2. The molecule has 9 nitrogen and oxygen atoms in total. The summed E-state index contributed by atoms with van der Waals surface area (Å²) in [6, 6.07) is 14.6. The van der Waals surface area contributed by atoms with Crippen molar-refractivity contribution >= 4 is 17.8 Å². The molecule has 1 amide bonds. The van der Waals surface area contributed by atoms with Crippen LogP contribution in [-0.2, 0) is 11.4 Å². The van der Waals surface area contributed by atoms with E-state index in [4.69, 9.17) is 4.74 Å². The highest BCUT2D eigenvalue weighted by molar-refractivity contribution is 5.84. The topological polar surface area (TPSA) is 112 Å². The third-order valence-corrected chi connectivity index (χ3v) is 5.12. The van der Waals surface area contributed by atoms with E-state index in [9.17, 15) is 14.9 Å². The summed E-state index contributed by atoms with van der Waals surface area (Å²) in [7, 11) is 0. The van der Waals surface area contributed by atoms with E-state index in [-0.39, 0.29) is 11.4 Å². The summed E-state index contributed by atoms with van der Waals surface area (Å²) in [5.74, 6) is 0.251. The van der Waals surface area contributed by atoms with E-state index in [1.165, 1.54) is 10.9 Å². The largest absolute Gasteiger partial charge is 0.489 e. The first-order valence-electron chi connectivity index (χ1n) is 10.1. The lowest BCUT2D eigenvalue weighted by Crippen LogP contribution is -2.28. The van der Waals surface area contributed by atoms with Crippen molar-refractivity contribution in [3.8, 4) is 5.75 Å². The Labute approximate surface area is 185 Å². The summed E-state index contributed by atoms with van der Waals surface area (Å²) in [5, 5.41) is 19.3. The number of aryl methyl sites for hydroxylation is 2. The average Bonchev–Trinajstić information content (AvgIpc) is 3.06. The van der Waals surface area contributed by atoms with Crippen molar-refractivity contribution in [3.05, 3.63) is 86.7 Å². The van der Waals surface area contributed by atoms with Gasteiger partial charge >= 0.3 is 5.69 Å². The van der Waals surface area contributed by atoms with Crippen molar-refractivity contribution in [1.29, 1.82) is 0 Å². The average molecular weight is 435 g/mol. The van der Waals surface area contributed by atoms with Crippen molar-refractivity contribution in [2.24, 2.45) is 5.10 Å². The van der Waals surface area contributed by atoms with Crippen LogP contribution < -0.4 is 10.2 Å². The number of rotatable bonds is 8. The molecular weight excluding hydrogens is 410 g/mol. The quantitative estimate of drug-likeness (QED) is 0.326. The number of nitrogens with one attached hydrogen (secondary N) is 1. The first-order valence-corrected chi connectivity index (χ1v) is 10.1. The molecule has 2 aromatic carbocycles. The second-order valence-electron chi connectivity index (χ2n) is 7.42. The molecule has 0 radical (unpaired) electrons. The molecule has 0 aliphatic heterocycles. The van der Waals surface area contributed by atoms with Crippen molar-refractivity contribution in [1.82, 2.24) is 15.2 Å². The summed E-state index contributed by atoms with van der Waals surface area (Å²) >= 11 is 0. The molecule has 1 aromatic heterocycles. The predicted octanol–water partition coefficient (Wildman–Crippen LogP) is 4.01. The predicted molar refractivity (Wildman–Crippen MR) is 121 cm³/mol. The van der Waals surface area contributed by atoms with E-state index in [1.54, 1.807) is 20.8 Å². The van der Waals surface area contributed by atoms with Crippen LogP contribution in [0.1, 0.15) is 41.0 Å². The molecule has 0 aliphatic carbocycles. The second kappa shape index (κ2) is 9.86. The Morgan fingerprint density at radius 1 is 1.25 bits per heavy atom. The van der Waals surface area contributed by atoms with Crippen molar-refractivity contribution in [2.45, 2.75) is 40.3 Å². The van der Waals surface area contributed by atoms with Gasteiger partial charge in [0.15, 0.2) is 0 Å². The fourth-order valence-electron chi connectivity index (χ4n) is 3.29. The van der Waals surface area contributed by atoms with Crippen molar-refractivity contribution in [2.75, 3.05) is 0 Å². The van der Waals surface area contributed by atoms with Gasteiger partial charge in [-0.1, -0.05) is 36.4 Å². The molecule has 9 heteroatoms. The first kappa shape index (κ1) is 22.7. The van der Waals surface area contributed by atoms with Gasteiger partial charge in [0.05, 0.1) is 11.1 Å². The highest BCUT2D eigenvalue weighted by atomic mass is 16.6. The number of benzene rings is 2. The smallest absolute Gasteiger partial charge is 0.312 e. The van der Waals surface area contributed by atoms with E-state index in [2.05, 4.69) is 15.6 Å². The number of amides is 1. The lowest BCUT2D eigenvalue weighted by molar-refractivity contribution is -0.386. The standard InChI is InChI=1S/C23H25N5O4/c1-15-8-5-6-10-20(15)14-32-21-11-7-9-19(12-21)13-24-25-23(29)18(4)27-17(3)22(28(30)31)16(2)26-27/h5-13,18H,14H2,1-4H3,(H,25,29)/b24-13+. The molecule has 3 aromatic rings. The van der Waals surface area contributed by atoms with Gasteiger partial charge in [-0.25, -0.2) is 5.43 Å². The molecule has 3 rings (SSSR count). The second-order valence-corrected chi connectivity index (χ2v) is 7.42. The Morgan fingerprint density at radius 2 is 2.00 bits per heavy atom. The number of carbonyl (C=O) groups excluding carboxylic acids is 1. The monoisotopic (exact) mass is 435 g/mol. The van der Waals surface area contributed by atoms with Gasteiger partial charge in [0.1, 0.15) is 29.8 Å².